The van der Waals surface area contributed by atoms with E-state index in [1.54, 1.807) is 13.0 Å². The lowest BCUT2D eigenvalue weighted by Gasteiger charge is -2.12. The Morgan fingerprint density at radius 1 is 1.45 bits per heavy atom. The second kappa shape index (κ2) is 6.17. The zero-order valence-electron chi connectivity index (χ0n) is 11.3. The second-order valence-electron chi connectivity index (χ2n) is 4.30. The van der Waals surface area contributed by atoms with Crippen LogP contribution in [0.4, 0.5) is 0 Å². The summed E-state index contributed by atoms with van der Waals surface area (Å²) >= 11 is 3.36. The highest BCUT2D eigenvalue weighted by Gasteiger charge is 2.16. The Hall–Kier alpha value is -1.69. The second-order valence-corrected chi connectivity index (χ2v) is 5.67. The summed E-state index contributed by atoms with van der Waals surface area (Å²) in [4.78, 5) is 28.3. The average Bonchev–Trinajstić information content (AvgIpc) is 2.41. The molecular weight excluding hydrogens is 324 g/mol. The van der Waals surface area contributed by atoms with Crippen LogP contribution in [0.3, 0.4) is 0 Å². The number of esters is 1. The Kier molecular flexibility index (Phi) is 4.54. The molecule has 0 saturated heterocycles. The van der Waals surface area contributed by atoms with Gasteiger partial charge in [-0.25, -0.2) is 4.98 Å². The van der Waals surface area contributed by atoms with Gasteiger partial charge in [0.1, 0.15) is 12.2 Å². The van der Waals surface area contributed by atoms with Crippen molar-refractivity contribution in [1.29, 1.82) is 0 Å². The van der Waals surface area contributed by atoms with Crippen LogP contribution in [0.5, 0.6) is 0 Å². The first-order chi connectivity index (χ1) is 9.54. The molecule has 0 aliphatic carbocycles. The van der Waals surface area contributed by atoms with Crippen LogP contribution in [-0.2, 0) is 16.1 Å². The van der Waals surface area contributed by atoms with Gasteiger partial charge in [0.05, 0.1) is 22.5 Å². The van der Waals surface area contributed by atoms with E-state index >= 15 is 0 Å². The van der Waals surface area contributed by atoms with E-state index in [4.69, 9.17) is 4.74 Å². The monoisotopic (exact) mass is 338 g/mol. The molecular formula is C14H15BrN2O3. The SMILES string of the molecule is CCOC(=O)Cn1c(=O)c(C(C)Br)nc2ccccc21. The molecule has 0 radical (unpaired) electrons. The van der Waals surface area contributed by atoms with Crippen LogP contribution in [0.2, 0.25) is 0 Å². The number of rotatable bonds is 4. The number of para-hydroxylation sites is 2. The maximum atomic E-state index is 12.4. The van der Waals surface area contributed by atoms with Gasteiger partial charge in [-0.15, -0.1) is 0 Å². The number of carbonyl (C=O) groups is 1. The fraction of sp³-hybridized carbons (Fsp3) is 0.357. The first kappa shape index (κ1) is 14.7. The summed E-state index contributed by atoms with van der Waals surface area (Å²) in [5.74, 6) is -0.431. The molecule has 6 heteroatoms. The minimum absolute atomic E-state index is 0.109. The molecule has 1 aromatic heterocycles. The number of halogens is 1. The van der Waals surface area contributed by atoms with Gasteiger partial charge in [0.15, 0.2) is 0 Å². The Morgan fingerprint density at radius 2 is 2.15 bits per heavy atom. The number of nitrogens with zero attached hydrogens (tertiary/aromatic N) is 2. The molecule has 0 bridgehead atoms. The molecule has 20 heavy (non-hydrogen) atoms. The normalized spacial score (nSPS) is 12.3. The standard InChI is InChI=1S/C14H15BrN2O3/c1-3-20-12(18)8-17-11-7-5-4-6-10(11)16-13(9(2)15)14(17)19/h4-7,9H,3,8H2,1-2H3. The third-order valence-electron chi connectivity index (χ3n) is 2.85. The van der Waals surface area contributed by atoms with Crippen molar-refractivity contribution in [3.8, 4) is 0 Å². The average molecular weight is 339 g/mol. The molecule has 0 aliphatic rings. The smallest absolute Gasteiger partial charge is 0.326 e. The fourth-order valence-corrected chi connectivity index (χ4v) is 2.26. The first-order valence-corrected chi connectivity index (χ1v) is 7.25. The van der Waals surface area contributed by atoms with Gasteiger partial charge in [-0.1, -0.05) is 28.1 Å². The van der Waals surface area contributed by atoms with Gasteiger partial charge in [0.25, 0.3) is 5.56 Å². The molecule has 0 spiro atoms. The van der Waals surface area contributed by atoms with Crippen molar-refractivity contribution in [2.24, 2.45) is 0 Å². The maximum Gasteiger partial charge on any atom is 0.326 e. The molecule has 0 aliphatic heterocycles. The van der Waals surface area contributed by atoms with Gasteiger partial charge in [-0.2, -0.15) is 0 Å². The molecule has 1 unspecified atom stereocenters. The topological polar surface area (TPSA) is 61.2 Å². The molecule has 2 rings (SSSR count). The van der Waals surface area contributed by atoms with Crippen LogP contribution in [0.15, 0.2) is 29.1 Å². The molecule has 0 saturated carbocycles. The lowest BCUT2D eigenvalue weighted by molar-refractivity contribution is -0.143. The minimum atomic E-state index is -0.431. The molecule has 0 amide bonds. The van der Waals surface area contributed by atoms with Crippen molar-refractivity contribution in [3.63, 3.8) is 0 Å². The number of alkyl halides is 1. The predicted molar refractivity (Wildman–Crippen MR) is 80.0 cm³/mol. The summed E-state index contributed by atoms with van der Waals surface area (Å²) in [5, 5.41) is 0. The zero-order valence-corrected chi connectivity index (χ0v) is 12.9. The van der Waals surface area contributed by atoms with Crippen LogP contribution in [0.1, 0.15) is 24.4 Å². The highest BCUT2D eigenvalue weighted by atomic mass is 79.9. The molecule has 1 atom stereocenters. The minimum Gasteiger partial charge on any atom is -0.465 e. The van der Waals surface area contributed by atoms with Crippen LogP contribution in [0, 0.1) is 0 Å². The van der Waals surface area contributed by atoms with Gasteiger partial charge in [0, 0.05) is 0 Å². The van der Waals surface area contributed by atoms with Gasteiger partial charge < -0.3 is 4.74 Å². The van der Waals surface area contributed by atoms with Crippen LogP contribution >= 0.6 is 15.9 Å². The van der Waals surface area contributed by atoms with E-state index in [1.807, 2.05) is 25.1 Å². The fourth-order valence-electron chi connectivity index (χ4n) is 1.96. The predicted octanol–water partition coefficient (Wildman–Crippen LogP) is 2.42. The summed E-state index contributed by atoms with van der Waals surface area (Å²) < 4.78 is 6.33. The molecule has 1 heterocycles. The van der Waals surface area contributed by atoms with E-state index in [1.165, 1.54) is 4.57 Å². The number of carbonyl (C=O) groups excluding carboxylic acids is 1. The number of hydrogen-bond acceptors (Lipinski definition) is 4. The van der Waals surface area contributed by atoms with E-state index < -0.39 is 5.97 Å². The Balaban J connectivity index is 2.63. The van der Waals surface area contributed by atoms with Crippen molar-refractivity contribution in [3.05, 3.63) is 40.3 Å². The highest BCUT2D eigenvalue weighted by molar-refractivity contribution is 9.09. The summed E-state index contributed by atoms with van der Waals surface area (Å²) in [7, 11) is 0. The van der Waals surface area contributed by atoms with Crippen molar-refractivity contribution in [2.45, 2.75) is 25.2 Å². The summed E-state index contributed by atoms with van der Waals surface area (Å²) in [6, 6.07) is 7.24. The quantitative estimate of drug-likeness (QED) is 0.634. The van der Waals surface area contributed by atoms with Crippen LogP contribution in [-0.4, -0.2) is 22.1 Å². The lowest BCUT2D eigenvalue weighted by atomic mass is 10.2. The van der Waals surface area contributed by atoms with Gasteiger partial charge >= 0.3 is 5.97 Å². The largest absolute Gasteiger partial charge is 0.465 e. The van der Waals surface area contributed by atoms with Crippen molar-refractivity contribution >= 4 is 32.9 Å². The van der Waals surface area contributed by atoms with Crippen molar-refractivity contribution in [1.82, 2.24) is 9.55 Å². The maximum absolute atomic E-state index is 12.4. The molecule has 0 N–H and O–H groups in total. The first-order valence-electron chi connectivity index (χ1n) is 6.33. The van der Waals surface area contributed by atoms with Gasteiger partial charge in [0.2, 0.25) is 0 Å². The number of ether oxygens (including phenoxy) is 1. The Labute approximate surface area is 124 Å². The Morgan fingerprint density at radius 3 is 2.80 bits per heavy atom. The number of benzene rings is 1. The van der Waals surface area contributed by atoms with Crippen molar-refractivity contribution < 1.29 is 9.53 Å². The van der Waals surface area contributed by atoms with E-state index in [0.717, 1.165) is 0 Å². The van der Waals surface area contributed by atoms with Gasteiger partial charge in [-0.3, -0.25) is 14.2 Å². The molecule has 5 nitrogen and oxygen atoms in total. The number of aromatic nitrogens is 2. The zero-order chi connectivity index (χ0) is 14.7. The molecule has 1 aromatic carbocycles. The van der Waals surface area contributed by atoms with Gasteiger partial charge in [-0.05, 0) is 26.0 Å². The number of hydrogen-bond donors (Lipinski definition) is 0. The molecule has 106 valence electrons. The molecule has 2 aromatic rings. The third-order valence-corrected chi connectivity index (χ3v) is 3.28. The van der Waals surface area contributed by atoms with E-state index in [9.17, 15) is 9.59 Å². The summed E-state index contributed by atoms with van der Waals surface area (Å²) in [5.41, 5.74) is 1.41. The summed E-state index contributed by atoms with van der Waals surface area (Å²) in [6.07, 6.45) is 0. The third kappa shape index (κ3) is 2.90. The van der Waals surface area contributed by atoms with Crippen molar-refractivity contribution in [2.75, 3.05) is 6.61 Å². The van der Waals surface area contributed by atoms with E-state index in [-0.39, 0.29) is 23.5 Å². The van der Waals surface area contributed by atoms with E-state index in [2.05, 4.69) is 20.9 Å². The van der Waals surface area contributed by atoms with Crippen LogP contribution < -0.4 is 5.56 Å². The number of fused-ring (bicyclic) bond motifs is 1. The highest BCUT2D eigenvalue weighted by Crippen LogP contribution is 2.19. The van der Waals surface area contributed by atoms with Crippen LogP contribution in [0.25, 0.3) is 11.0 Å². The molecule has 0 fully saturated rings. The Bertz CT molecular complexity index is 694. The van der Waals surface area contributed by atoms with E-state index in [0.29, 0.717) is 16.7 Å². The lowest BCUT2D eigenvalue weighted by Crippen LogP contribution is -2.29. The summed E-state index contributed by atoms with van der Waals surface area (Å²) in [6.45, 7) is 3.74.